The molecule has 2 aromatic carbocycles. The zero-order valence-electron chi connectivity index (χ0n) is 12.7. The van der Waals surface area contributed by atoms with Crippen molar-refractivity contribution in [3.05, 3.63) is 59.7 Å². The molecule has 2 N–H and O–H groups in total. The Balaban J connectivity index is 2.02. The van der Waals surface area contributed by atoms with Crippen molar-refractivity contribution in [2.24, 2.45) is 0 Å². The molecule has 0 heterocycles. The van der Waals surface area contributed by atoms with E-state index in [-0.39, 0.29) is 5.69 Å². The minimum Gasteiger partial charge on any atom is -0.374 e. The Morgan fingerprint density at radius 1 is 1.04 bits per heavy atom. The summed E-state index contributed by atoms with van der Waals surface area (Å²) in [7, 11) is 0. The van der Waals surface area contributed by atoms with Gasteiger partial charge < -0.3 is 10.6 Å². The zero-order chi connectivity index (χ0) is 17.0. The van der Waals surface area contributed by atoms with Crippen molar-refractivity contribution in [2.45, 2.75) is 26.1 Å². The second-order valence-corrected chi connectivity index (χ2v) is 5.30. The highest BCUT2D eigenvalue weighted by atomic mass is 19.4. The van der Waals surface area contributed by atoms with Crippen LogP contribution in [0.5, 0.6) is 0 Å². The molecule has 0 aromatic heterocycles. The molecule has 3 nitrogen and oxygen atoms in total. The minimum absolute atomic E-state index is 0.113. The molecule has 0 saturated heterocycles. The molecule has 0 fully saturated rings. The van der Waals surface area contributed by atoms with Gasteiger partial charge in [0.2, 0.25) is 5.91 Å². The molecule has 122 valence electrons. The van der Waals surface area contributed by atoms with E-state index in [0.717, 1.165) is 23.4 Å². The van der Waals surface area contributed by atoms with Crippen LogP contribution in [-0.4, -0.2) is 11.9 Å². The quantitative estimate of drug-likeness (QED) is 0.873. The summed E-state index contributed by atoms with van der Waals surface area (Å²) in [6, 6.07) is 11.4. The number of rotatable bonds is 4. The Morgan fingerprint density at radius 2 is 1.70 bits per heavy atom. The number of amides is 1. The van der Waals surface area contributed by atoms with E-state index in [1.165, 1.54) is 12.1 Å². The van der Waals surface area contributed by atoms with Crippen molar-refractivity contribution >= 4 is 17.3 Å². The topological polar surface area (TPSA) is 41.1 Å². The predicted octanol–water partition coefficient (Wildman–Crippen LogP) is 4.45. The first-order valence-corrected chi connectivity index (χ1v) is 7.07. The van der Waals surface area contributed by atoms with Crippen molar-refractivity contribution < 1.29 is 18.0 Å². The Kier molecular flexibility index (Phi) is 4.93. The van der Waals surface area contributed by atoms with Gasteiger partial charge >= 0.3 is 6.18 Å². The van der Waals surface area contributed by atoms with Gasteiger partial charge in [0.15, 0.2) is 0 Å². The maximum Gasteiger partial charge on any atom is 0.416 e. The number of nitrogens with one attached hydrogen (secondary N) is 2. The van der Waals surface area contributed by atoms with Crippen molar-refractivity contribution in [2.75, 3.05) is 10.6 Å². The first kappa shape index (κ1) is 16.9. The van der Waals surface area contributed by atoms with Crippen molar-refractivity contribution in [3.8, 4) is 0 Å². The Labute approximate surface area is 132 Å². The predicted molar refractivity (Wildman–Crippen MR) is 84.3 cm³/mol. The van der Waals surface area contributed by atoms with Crippen LogP contribution in [0.2, 0.25) is 0 Å². The molecule has 2 aromatic rings. The summed E-state index contributed by atoms with van der Waals surface area (Å²) < 4.78 is 38.0. The molecular formula is C17H17F3N2O. The number of halogens is 3. The van der Waals surface area contributed by atoms with E-state index < -0.39 is 23.7 Å². The van der Waals surface area contributed by atoms with Crippen LogP contribution < -0.4 is 10.6 Å². The second kappa shape index (κ2) is 6.73. The minimum atomic E-state index is -4.44. The third-order valence-corrected chi connectivity index (χ3v) is 3.29. The number of hydrogen-bond acceptors (Lipinski definition) is 2. The number of carbonyl (C=O) groups excluding carboxylic acids is 1. The summed E-state index contributed by atoms with van der Waals surface area (Å²) in [6.07, 6.45) is -4.44. The van der Waals surface area contributed by atoms with Crippen molar-refractivity contribution in [1.29, 1.82) is 0 Å². The molecule has 23 heavy (non-hydrogen) atoms. The summed E-state index contributed by atoms with van der Waals surface area (Å²) in [4.78, 5) is 12.1. The van der Waals surface area contributed by atoms with E-state index in [2.05, 4.69) is 10.6 Å². The molecule has 0 aliphatic carbocycles. The number of carbonyl (C=O) groups is 1. The van der Waals surface area contributed by atoms with E-state index in [9.17, 15) is 18.0 Å². The van der Waals surface area contributed by atoms with E-state index in [1.807, 2.05) is 31.2 Å². The van der Waals surface area contributed by atoms with Crippen LogP contribution >= 0.6 is 0 Å². The Morgan fingerprint density at radius 3 is 2.30 bits per heavy atom. The monoisotopic (exact) mass is 322 g/mol. The zero-order valence-corrected chi connectivity index (χ0v) is 12.7. The molecule has 0 radical (unpaired) electrons. The lowest BCUT2D eigenvalue weighted by molar-refractivity contribution is -0.137. The Bertz CT molecular complexity index is 681. The van der Waals surface area contributed by atoms with E-state index in [4.69, 9.17) is 0 Å². The number of aryl methyl sites for hydroxylation is 1. The average molecular weight is 322 g/mol. The third-order valence-electron chi connectivity index (χ3n) is 3.29. The number of benzene rings is 2. The van der Waals surface area contributed by atoms with Crippen molar-refractivity contribution in [3.63, 3.8) is 0 Å². The highest BCUT2D eigenvalue weighted by Crippen LogP contribution is 2.30. The first-order chi connectivity index (χ1) is 10.8. The van der Waals surface area contributed by atoms with Gasteiger partial charge in [0.25, 0.3) is 0 Å². The van der Waals surface area contributed by atoms with Gasteiger partial charge in [-0.05, 0) is 44.2 Å². The number of alkyl halides is 3. The van der Waals surface area contributed by atoms with Gasteiger partial charge in [-0.1, -0.05) is 23.8 Å². The summed E-state index contributed by atoms with van der Waals surface area (Å²) in [5, 5.41) is 5.48. The average Bonchev–Trinajstić information content (AvgIpc) is 2.49. The molecule has 6 heteroatoms. The molecule has 0 bridgehead atoms. The van der Waals surface area contributed by atoms with Crippen LogP contribution in [0.1, 0.15) is 18.1 Å². The summed E-state index contributed by atoms with van der Waals surface area (Å²) in [5.74, 6) is -0.412. The van der Waals surface area contributed by atoms with Gasteiger partial charge in [0, 0.05) is 11.4 Å². The first-order valence-electron chi connectivity index (χ1n) is 7.07. The molecule has 1 amide bonds. The van der Waals surface area contributed by atoms with Crippen molar-refractivity contribution in [1.82, 2.24) is 0 Å². The fourth-order valence-electron chi connectivity index (χ4n) is 1.99. The molecule has 1 atom stereocenters. The molecular weight excluding hydrogens is 305 g/mol. The summed E-state index contributed by atoms with van der Waals surface area (Å²) in [5.41, 5.74) is 1.18. The highest BCUT2D eigenvalue weighted by molar-refractivity contribution is 5.96. The van der Waals surface area contributed by atoms with Crippen LogP contribution in [0.4, 0.5) is 24.5 Å². The van der Waals surface area contributed by atoms with E-state index >= 15 is 0 Å². The standard InChI is InChI=1S/C17H17F3N2O/c1-11-6-8-14(9-7-11)21-12(2)16(23)22-15-5-3-4-13(10-15)17(18,19)20/h3-10,12,21H,1-2H3,(H,22,23). The molecule has 0 aliphatic rings. The van der Waals surface area contributed by atoms with Gasteiger partial charge in [-0.25, -0.2) is 0 Å². The molecule has 2 rings (SSSR count). The van der Waals surface area contributed by atoms with Gasteiger partial charge in [-0.3, -0.25) is 4.79 Å². The van der Waals surface area contributed by atoms with E-state index in [1.54, 1.807) is 6.92 Å². The van der Waals surface area contributed by atoms with Crippen LogP contribution in [0.25, 0.3) is 0 Å². The summed E-state index contributed by atoms with van der Waals surface area (Å²) >= 11 is 0. The van der Waals surface area contributed by atoms with Crippen LogP contribution in [0.15, 0.2) is 48.5 Å². The third kappa shape index (κ3) is 4.74. The lowest BCUT2D eigenvalue weighted by atomic mass is 10.2. The summed E-state index contributed by atoms with van der Waals surface area (Å²) in [6.45, 7) is 3.59. The normalized spacial score (nSPS) is 12.6. The van der Waals surface area contributed by atoms with Gasteiger partial charge in [0.1, 0.15) is 6.04 Å². The lowest BCUT2D eigenvalue weighted by Crippen LogP contribution is -2.31. The van der Waals surface area contributed by atoms with Gasteiger partial charge in [-0.15, -0.1) is 0 Å². The number of anilines is 2. The lowest BCUT2D eigenvalue weighted by Gasteiger charge is -2.16. The smallest absolute Gasteiger partial charge is 0.374 e. The molecule has 0 aliphatic heterocycles. The van der Waals surface area contributed by atoms with Gasteiger partial charge in [0.05, 0.1) is 5.56 Å². The van der Waals surface area contributed by atoms with Gasteiger partial charge in [-0.2, -0.15) is 13.2 Å². The molecule has 1 unspecified atom stereocenters. The maximum atomic E-state index is 12.7. The highest BCUT2D eigenvalue weighted by Gasteiger charge is 2.30. The maximum absolute atomic E-state index is 12.7. The van der Waals surface area contributed by atoms with Crippen LogP contribution in [0, 0.1) is 6.92 Å². The molecule has 0 saturated carbocycles. The second-order valence-electron chi connectivity index (χ2n) is 5.30. The fraction of sp³-hybridized carbons (Fsp3) is 0.235. The van der Waals surface area contributed by atoms with Crippen LogP contribution in [0.3, 0.4) is 0 Å². The Hall–Kier alpha value is -2.50. The van der Waals surface area contributed by atoms with Crippen LogP contribution in [-0.2, 0) is 11.0 Å². The fourth-order valence-corrected chi connectivity index (χ4v) is 1.99. The molecule has 0 spiro atoms. The number of hydrogen-bond donors (Lipinski definition) is 2. The van der Waals surface area contributed by atoms with E-state index in [0.29, 0.717) is 0 Å². The SMILES string of the molecule is Cc1ccc(NC(C)C(=O)Nc2cccc(C(F)(F)F)c2)cc1. The largest absolute Gasteiger partial charge is 0.416 e.